The molecule has 0 aliphatic rings. The van der Waals surface area contributed by atoms with Crippen LogP contribution in [0.5, 0.6) is 0 Å². The Hall–Kier alpha value is -2.06. The number of halogens is 2. The van der Waals surface area contributed by atoms with E-state index in [1.54, 1.807) is 25.3 Å². The Morgan fingerprint density at radius 1 is 1.14 bits per heavy atom. The molecule has 0 aliphatic carbocycles. The highest BCUT2D eigenvalue weighted by Gasteiger charge is 2.16. The number of nitrogens with one attached hydrogen (secondary N) is 1. The number of rotatable bonds is 8. The van der Waals surface area contributed by atoms with Crippen LogP contribution in [0.3, 0.4) is 0 Å². The van der Waals surface area contributed by atoms with Crippen molar-refractivity contribution in [3.05, 3.63) is 58.6 Å². The molecule has 1 amide bonds. The monoisotopic (exact) mass is 436 g/mol. The van der Waals surface area contributed by atoms with Crippen LogP contribution in [0.15, 0.2) is 53.7 Å². The van der Waals surface area contributed by atoms with Gasteiger partial charge in [-0.3, -0.25) is 9.36 Å². The second-order valence-electron chi connectivity index (χ2n) is 5.75. The SMILES string of the molecule is COCCn1c(SCC(=O)Nc2cccc(Cl)c2Cl)nnc1-c1ccccc1. The van der Waals surface area contributed by atoms with Crippen LogP contribution in [-0.4, -0.2) is 40.1 Å². The van der Waals surface area contributed by atoms with E-state index in [1.807, 2.05) is 34.9 Å². The van der Waals surface area contributed by atoms with Gasteiger partial charge < -0.3 is 10.1 Å². The molecule has 0 bridgehead atoms. The lowest BCUT2D eigenvalue weighted by atomic mass is 10.2. The highest BCUT2D eigenvalue weighted by molar-refractivity contribution is 7.99. The van der Waals surface area contributed by atoms with Crippen LogP contribution in [0.25, 0.3) is 11.4 Å². The Balaban J connectivity index is 1.72. The fourth-order valence-electron chi connectivity index (χ4n) is 2.50. The molecule has 0 unspecified atom stereocenters. The predicted molar refractivity (Wildman–Crippen MR) is 113 cm³/mol. The second kappa shape index (κ2) is 9.93. The van der Waals surface area contributed by atoms with Gasteiger partial charge >= 0.3 is 0 Å². The van der Waals surface area contributed by atoms with E-state index in [1.165, 1.54) is 11.8 Å². The third kappa shape index (κ3) is 5.05. The topological polar surface area (TPSA) is 69.0 Å². The van der Waals surface area contributed by atoms with Crippen molar-refractivity contribution in [3.8, 4) is 11.4 Å². The number of nitrogens with zero attached hydrogens (tertiary/aromatic N) is 3. The molecule has 0 fully saturated rings. The van der Waals surface area contributed by atoms with Crippen molar-refractivity contribution in [2.45, 2.75) is 11.7 Å². The maximum absolute atomic E-state index is 12.3. The summed E-state index contributed by atoms with van der Waals surface area (Å²) >= 11 is 13.4. The van der Waals surface area contributed by atoms with Crippen LogP contribution in [-0.2, 0) is 16.1 Å². The van der Waals surface area contributed by atoms with Gasteiger partial charge in [-0.15, -0.1) is 10.2 Å². The number of carbonyl (C=O) groups excluding carboxylic acids is 1. The molecule has 9 heteroatoms. The first-order valence-corrected chi connectivity index (χ1v) is 10.2. The van der Waals surface area contributed by atoms with E-state index in [-0.39, 0.29) is 11.7 Å². The Labute approximate surface area is 177 Å². The number of hydrogen-bond acceptors (Lipinski definition) is 5. The minimum absolute atomic E-state index is 0.156. The fourth-order valence-corrected chi connectivity index (χ4v) is 3.61. The maximum atomic E-state index is 12.3. The third-order valence-corrected chi connectivity index (χ3v) is 5.61. The van der Waals surface area contributed by atoms with Crippen molar-refractivity contribution in [1.29, 1.82) is 0 Å². The van der Waals surface area contributed by atoms with Gasteiger partial charge in [-0.2, -0.15) is 0 Å². The number of thioether (sulfide) groups is 1. The Kier molecular flexibility index (Phi) is 7.33. The lowest BCUT2D eigenvalue weighted by Gasteiger charge is -2.10. The van der Waals surface area contributed by atoms with Gasteiger partial charge in [0.2, 0.25) is 5.91 Å². The number of anilines is 1. The number of methoxy groups -OCH3 is 1. The zero-order valence-corrected chi connectivity index (χ0v) is 17.4. The average Bonchev–Trinajstić information content (AvgIpc) is 3.11. The van der Waals surface area contributed by atoms with Crippen LogP contribution in [0.1, 0.15) is 0 Å². The Morgan fingerprint density at radius 2 is 1.93 bits per heavy atom. The molecule has 3 aromatic rings. The van der Waals surface area contributed by atoms with Crippen LogP contribution < -0.4 is 5.32 Å². The van der Waals surface area contributed by atoms with E-state index < -0.39 is 0 Å². The summed E-state index contributed by atoms with van der Waals surface area (Å²) < 4.78 is 7.15. The molecule has 0 radical (unpaired) electrons. The highest BCUT2D eigenvalue weighted by Crippen LogP contribution is 2.30. The molecular formula is C19H18Cl2N4O2S. The number of amides is 1. The second-order valence-corrected chi connectivity index (χ2v) is 7.48. The van der Waals surface area contributed by atoms with Gasteiger partial charge in [-0.1, -0.05) is 71.4 Å². The minimum Gasteiger partial charge on any atom is -0.383 e. The van der Waals surface area contributed by atoms with Crippen molar-refractivity contribution in [2.24, 2.45) is 0 Å². The van der Waals surface area contributed by atoms with E-state index in [0.717, 1.165) is 11.4 Å². The van der Waals surface area contributed by atoms with Crippen LogP contribution in [0.2, 0.25) is 10.0 Å². The fraction of sp³-hybridized carbons (Fsp3) is 0.211. The van der Waals surface area contributed by atoms with Gasteiger partial charge in [0.25, 0.3) is 0 Å². The number of hydrogen-bond donors (Lipinski definition) is 1. The zero-order valence-electron chi connectivity index (χ0n) is 15.1. The summed E-state index contributed by atoms with van der Waals surface area (Å²) in [6.45, 7) is 1.09. The molecule has 0 spiro atoms. The van der Waals surface area contributed by atoms with E-state index in [4.69, 9.17) is 27.9 Å². The molecule has 0 aliphatic heterocycles. The van der Waals surface area contributed by atoms with Gasteiger partial charge in [0, 0.05) is 12.7 Å². The van der Waals surface area contributed by atoms with Crippen LogP contribution >= 0.6 is 35.0 Å². The van der Waals surface area contributed by atoms with Gasteiger partial charge in [0.1, 0.15) is 0 Å². The Bertz CT molecular complexity index is 950. The van der Waals surface area contributed by atoms with Gasteiger partial charge in [-0.05, 0) is 12.1 Å². The van der Waals surface area contributed by atoms with E-state index in [2.05, 4.69) is 15.5 Å². The summed E-state index contributed by atoms with van der Waals surface area (Å²) in [5, 5.41) is 12.7. The summed E-state index contributed by atoms with van der Waals surface area (Å²) in [6, 6.07) is 14.9. The van der Waals surface area contributed by atoms with Crippen molar-refractivity contribution >= 4 is 46.6 Å². The summed E-state index contributed by atoms with van der Waals surface area (Å²) in [5.41, 5.74) is 1.43. The number of carbonyl (C=O) groups is 1. The normalized spacial score (nSPS) is 10.8. The van der Waals surface area contributed by atoms with Gasteiger partial charge in [0.15, 0.2) is 11.0 Å². The number of aromatic nitrogens is 3. The van der Waals surface area contributed by atoms with Gasteiger partial charge in [0.05, 0.1) is 34.6 Å². The lowest BCUT2D eigenvalue weighted by Crippen LogP contribution is -2.15. The molecule has 1 heterocycles. The molecule has 0 saturated heterocycles. The molecule has 28 heavy (non-hydrogen) atoms. The lowest BCUT2D eigenvalue weighted by molar-refractivity contribution is -0.113. The molecule has 146 valence electrons. The van der Waals surface area contributed by atoms with E-state index >= 15 is 0 Å². The molecular weight excluding hydrogens is 419 g/mol. The predicted octanol–water partition coefficient (Wildman–Crippen LogP) is 4.63. The molecule has 0 atom stereocenters. The molecule has 3 rings (SSSR count). The van der Waals surface area contributed by atoms with Gasteiger partial charge in [-0.25, -0.2) is 0 Å². The first kappa shape index (κ1) is 20.7. The Morgan fingerprint density at radius 3 is 2.68 bits per heavy atom. The summed E-state index contributed by atoms with van der Waals surface area (Å²) in [7, 11) is 1.64. The number of benzene rings is 2. The highest BCUT2D eigenvalue weighted by atomic mass is 35.5. The first-order chi connectivity index (χ1) is 13.6. The maximum Gasteiger partial charge on any atom is 0.234 e. The standard InChI is InChI=1S/C19H18Cl2N4O2S/c1-27-11-10-25-18(13-6-3-2-4-7-13)23-24-19(25)28-12-16(26)22-15-9-5-8-14(20)17(15)21/h2-9H,10-12H2,1H3,(H,22,26). The summed E-state index contributed by atoms with van der Waals surface area (Å²) in [6.07, 6.45) is 0. The average molecular weight is 437 g/mol. The van der Waals surface area contributed by atoms with Crippen molar-refractivity contribution in [1.82, 2.24) is 14.8 Å². The molecule has 1 N–H and O–H groups in total. The van der Waals surface area contributed by atoms with Crippen molar-refractivity contribution < 1.29 is 9.53 Å². The molecule has 1 aromatic heterocycles. The van der Waals surface area contributed by atoms with E-state index in [9.17, 15) is 4.79 Å². The molecule has 2 aromatic carbocycles. The zero-order chi connectivity index (χ0) is 19.9. The quantitative estimate of drug-likeness (QED) is 0.521. The largest absolute Gasteiger partial charge is 0.383 e. The smallest absolute Gasteiger partial charge is 0.234 e. The van der Waals surface area contributed by atoms with Crippen molar-refractivity contribution in [2.75, 3.05) is 24.8 Å². The van der Waals surface area contributed by atoms with Crippen LogP contribution in [0.4, 0.5) is 5.69 Å². The number of ether oxygens (including phenoxy) is 1. The molecule has 6 nitrogen and oxygen atoms in total. The third-order valence-electron chi connectivity index (χ3n) is 3.83. The van der Waals surface area contributed by atoms with Crippen molar-refractivity contribution in [3.63, 3.8) is 0 Å². The first-order valence-electron chi connectivity index (χ1n) is 8.44. The minimum atomic E-state index is -0.211. The summed E-state index contributed by atoms with van der Waals surface area (Å²) in [5.74, 6) is 0.679. The molecule has 0 saturated carbocycles. The summed E-state index contributed by atoms with van der Waals surface area (Å²) in [4.78, 5) is 12.3. The van der Waals surface area contributed by atoms with E-state index in [0.29, 0.717) is 34.0 Å². The van der Waals surface area contributed by atoms with Crippen LogP contribution in [0, 0.1) is 0 Å².